The quantitative estimate of drug-likeness (QED) is 0.765. The first-order chi connectivity index (χ1) is 12.5. The smallest absolute Gasteiger partial charge is 0.231 e. The molecule has 0 spiro atoms. The van der Waals surface area contributed by atoms with Gasteiger partial charge in [0.05, 0.1) is 26.2 Å². The van der Waals surface area contributed by atoms with E-state index in [1.165, 1.54) is 5.56 Å². The summed E-state index contributed by atoms with van der Waals surface area (Å²) in [4.78, 5) is 14.3. The molecule has 1 aliphatic heterocycles. The summed E-state index contributed by atoms with van der Waals surface area (Å²) in [6.07, 6.45) is 2.45. The molecule has 1 heterocycles. The molecule has 2 aromatic rings. The number of methoxy groups -OCH3 is 2. The normalized spacial score (nSPS) is 13.1. The second kappa shape index (κ2) is 7.40. The van der Waals surface area contributed by atoms with Crippen molar-refractivity contribution in [3.8, 4) is 22.6 Å². The zero-order valence-corrected chi connectivity index (χ0v) is 16.3. The maximum Gasteiger partial charge on any atom is 0.231 e. The van der Waals surface area contributed by atoms with E-state index < -0.39 is 0 Å². The summed E-state index contributed by atoms with van der Waals surface area (Å²) in [5.74, 6) is 1.74. The number of hydrogen-bond donors (Lipinski definition) is 0. The van der Waals surface area contributed by atoms with E-state index in [1.54, 1.807) is 14.2 Å². The van der Waals surface area contributed by atoms with Crippen LogP contribution >= 0.6 is 0 Å². The van der Waals surface area contributed by atoms with Crippen LogP contribution in [0.1, 0.15) is 37.0 Å². The molecule has 0 aliphatic carbocycles. The van der Waals surface area contributed by atoms with Gasteiger partial charge in [0.2, 0.25) is 5.91 Å². The molecule has 0 fully saturated rings. The molecule has 0 radical (unpaired) electrons. The van der Waals surface area contributed by atoms with E-state index in [4.69, 9.17) is 9.47 Å². The van der Waals surface area contributed by atoms with Gasteiger partial charge in [0.1, 0.15) is 11.5 Å². The van der Waals surface area contributed by atoms with Gasteiger partial charge in [0.15, 0.2) is 0 Å². The summed E-state index contributed by atoms with van der Waals surface area (Å²) in [6.45, 7) is 6.92. The lowest BCUT2D eigenvalue weighted by molar-refractivity contribution is -0.117. The lowest BCUT2D eigenvalue weighted by atomic mass is 9.90. The fraction of sp³-hybridized carbons (Fsp3) is 0.409. The van der Waals surface area contributed by atoms with E-state index in [9.17, 15) is 4.79 Å². The Hall–Kier alpha value is -2.49. The Morgan fingerprint density at radius 2 is 1.69 bits per heavy atom. The highest BCUT2D eigenvalue weighted by Crippen LogP contribution is 2.46. The largest absolute Gasteiger partial charge is 0.496 e. The highest BCUT2D eigenvalue weighted by Gasteiger charge is 2.31. The highest BCUT2D eigenvalue weighted by atomic mass is 16.5. The molecular weight excluding hydrogens is 326 g/mol. The van der Waals surface area contributed by atoms with Crippen LogP contribution in [-0.4, -0.2) is 26.7 Å². The minimum absolute atomic E-state index is 0.148. The number of hydrogen-bond acceptors (Lipinski definition) is 3. The molecule has 3 rings (SSSR count). The maximum absolute atomic E-state index is 12.5. The first-order valence-corrected chi connectivity index (χ1v) is 9.23. The Kier molecular flexibility index (Phi) is 5.21. The van der Waals surface area contributed by atoms with Crippen molar-refractivity contribution in [2.75, 3.05) is 25.7 Å². The molecule has 0 aromatic heterocycles. The zero-order chi connectivity index (χ0) is 18.8. The van der Waals surface area contributed by atoms with Crippen LogP contribution in [0.2, 0.25) is 0 Å². The summed E-state index contributed by atoms with van der Waals surface area (Å²) < 4.78 is 11.5. The van der Waals surface area contributed by atoms with Crippen LogP contribution in [0, 0.1) is 6.92 Å². The Balaban J connectivity index is 2.28. The number of aryl methyl sites for hydroxylation is 2. The number of carbonyl (C=O) groups is 1. The number of nitrogens with zero attached hydrogens (tertiary/aromatic N) is 1. The van der Waals surface area contributed by atoms with Crippen molar-refractivity contribution in [1.29, 1.82) is 0 Å². The van der Waals surface area contributed by atoms with E-state index in [0.717, 1.165) is 52.3 Å². The number of benzene rings is 2. The van der Waals surface area contributed by atoms with E-state index in [1.807, 2.05) is 17.9 Å². The van der Waals surface area contributed by atoms with Crippen molar-refractivity contribution in [3.05, 3.63) is 41.0 Å². The van der Waals surface area contributed by atoms with Crippen LogP contribution in [-0.2, 0) is 17.6 Å². The van der Waals surface area contributed by atoms with Crippen molar-refractivity contribution < 1.29 is 14.3 Å². The zero-order valence-electron chi connectivity index (χ0n) is 16.3. The molecule has 4 heteroatoms. The number of likely N-dealkylation sites (N-methyl/N-ethyl adjacent to an activating group) is 1. The predicted octanol–water partition coefficient (Wildman–Crippen LogP) is 4.54. The molecule has 4 nitrogen and oxygen atoms in total. The number of ether oxygens (including phenoxy) is 2. The SMILES string of the molecule is CCCc1cc(OC)c(-c2c(C)ccc3c2CC(=O)N3CC)c(OC)c1. The number of rotatable bonds is 6. The van der Waals surface area contributed by atoms with E-state index in [0.29, 0.717) is 13.0 Å². The molecule has 138 valence electrons. The number of fused-ring (bicyclic) bond motifs is 1. The minimum Gasteiger partial charge on any atom is -0.496 e. The average Bonchev–Trinajstić information content (AvgIpc) is 2.96. The standard InChI is InChI=1S/C22H27NO3/c1-6-8-15-11-18(25-4)22(19(12-15)26-5)21-14(3)9-10-17-16(21)13-20(24)23(17)7-2/h9-12H,6-8,13H2,1-5H3. The molecule has 26 heavy (non-hydrogen) atoms. The van der Waals surface area contributed by atoms with Gasteiger partial charge in [-0.1, -0.05) is 19.4 Å². The van der Waals surface area contributed by atoms with Gasteiger partial charge in [-0.3, -0.25) is 4.79 Å². The van der Waals surface area contributed by atoms with Crippen LogP contribution in [0.25, 0.3) is 11.1 Å². The first-order valence-electron chi connectivity index (χ1n) is 9.23. The molecule has 1 amide bonds. The van der Waals surface area contributed by atoms with Crippen molar-refractivity contribution in [3.63, 3.8) is 0 Å². The first kappa shape index (κ1) is 18.3. The summed E-state index contributed by atoms with van der Waals surface area (Å²) in [7, 11) is 3.38. The number of amides is 1. The Morgan fingerprint density at radius 3 is 2.23 bits per heavy atom. The second-order valence-electron chi connectivity index (χ2n) is 6.70. The van der Waals surface area contributed by atoms with Gasteiger partial charge < -0.3 is 14.4 Å². The lowest BCUT2D eigenvalue weighted by Gasteiger charge is -2.20. The summed E-state index contributed by atoms with van der Waals surface area (Å²) in [5.41, 5.74) is 6.38. The third kappa shape index (κ3) is 2.94. The molecule has 0 atom stereocenters. The fourth-order valence-electron chi connectivity index (χ4n) is 3.91. The molecule has 0 bridgehead atoms. The molecular formula is C22H27NO3. The second-order valence-corrected chi connectivity index (χ2v) is 6.70. The molecule has 1 aliphatic rings. The van der Waals surface area contributed by atoms with Crippen molar-refractivity contribution in [2.24, 2.45) is 0 Å². The highest BCUT2D eigenvalue weighted by molar-refractivity contribution is 6.05. The number of anilines is 1. The van der Waals surface area contributed by atoms with E-state index >= 15 is 0 Å². The van der Waals surface area contributed by atoms with Crippen molar-refractivity contribution in [1.82, 2.24) is 0 Å². The summed E-state index contributed by atoms with van der Waals surface area (Å²) in [5, 5.41) is 0. The van der Waals surface area contributed by atoms with Gasteiger partial charge in [-0.05, 0) is 60.7 Å². The molecule has 0 saturated carbocycles. The van der Waals surface area contributed by atoms with Crippen LogP contribution < -0.4 is 14.4 Å². The third-order valence-corrected chi connectivity index (χ3v) is 5.09. The van der Waals surface area contributed by atoms with Gasteiger partial charge in [-0.2, -0.15) is 0 Å². The van der Waals surface area contributed by atoms with Crippen molar-refractivity contribution >= 4 is 11.6 Å². The van der Waals surface area contributed by atoms with Gasteiger partial charge in [-0.15, -0.1) is 0 Å². The Labute approximate surface area is 155 Å². The van der Waals surface area contributed by atoms with Crippen LogP contribution in [0.3, 0.4) is 0 Å². The predicted molar refractivity (Wildman–Crippen MR) is 105 cm³/mol. The van der Waals surface area contributed by atoms with E-state index in [2.05, 4.69) is 32.0 Å². The number of carbonyl (C=O) groups excluding carboxylic acids is 1. The van der Waals surface area contributed by atoms with Gasteiger partial charge >= 0.3 is 0 Å². The molecule has 0 N–H and O–H groups in total. The Bertz CT molecular complexity index is 817. The average molecular weight is 353 g/mol. The topological polar surface area (TPSA) is 38.8 Å². The van der Waals surface area contributed by atoms with E-state index in [-0.39, 0.29) is 5.91 Å². The van der Waals surface area contributed by atoms with Gasteiger partial charge in [0.25, 0.3) is 0 Å². The lowest BCUT2D eigenvalue weighted by Crippen LogP contribution is -2.25. The van der Waals surface area contributed by atoms with Gasteiger partial charge in [0, 0.05) is 12.2 Å². The van der Waals surface area contributed by atoms with Crippen molar-refractivity contribution in [2.45, 2.75) is 40.0 Å². The Morgan fingerprint density at radius 1 is 1.04 bits per heavy atom. The molecule has 2 aromatic carbocycles. The van der Waals surface area contributed by atoms with Crippen LogP contribution in [0.4, 0.5) is 5.69 Å². The van der Waals surface area contributed by atoms with Crippen LogP contribution in [0.15, 0.2) is 24.3 Å². The minimum atomic E-state index is 0.148. The van der Waals surface area contributed by atoms with Gasteiger partial charge in [-0.25, -0.2) is 0 Å². The summed E-state index contributed by atoms with van der Waals surface area (Å²) in [6, 6.07) is 8.31. The van der Waals surface area contributed by atoms with Crippen LogP contribution in [0.5, 0.6) is 11.5 Å². The maximum atomic E-state index is 12.5. The third-order valence-electron chi connectivity index (χ3n) is 5.09. The monoisotopic (exact) mass is 353 g/mol. The molecule has 0 unspecified atom stereocenters. The summed E-state index contributed by atoms with van der Waals surface area (Å²) >= 11 is 0. The fourth-order valence-corrected chi connectivity index (χ4v) is 3.91. The molecule has 0 saturated heterocycles.